The predicted octanol–water partition coefficient (Wildman–Crippen LogP) is 8.93. The van der Waals surface area contributed by atoms with E-state index in [4.69, 9.17) is 43.7 Å². The normalized spacial score (nSPS) is 22.7. The fraction of sp³-hybridized carbons (Fsp3) is 0.721. The van der Waals surface area contributed by atoms with E-state index in [0.717, 1.165) is 18.4 Å². The highest BCUT2D eigenvalue weighted by atomic mass is 31.2. The topological polar surface area (TPSA) is 195 Å². The van der Waals surface area contributed by atoms with Crippen LogP contribution in [-0.4, -0.2) is 80.6 Å². The molecule has 3 N–H and O–H groups in total. The molecule has 5 heterocycles. The number of nitrogens with zero attached hydrogens (tertiary/aromatic N) is 5. The van der Waals surface area contributed by atoms with Crippen LogP contribution >= 0.6 is 7.82 Å². The van der Waals surface area contributed by atoms with Gasteiger partial charge in [0.05, 0.1) is 32.1 Å². The average molecular weight is 843 g/mol. The predicted molar refractivity (Wildman–Crippen MR) is 223 cm³/mol. The second-order valence-electron chi connectivity index (χ2n) is 16.6. The summed E-state index contributed by atoms with van der Waals surface area (Å²) in [7, 11) is -4.62. The summed E-state index contributed by atoms with van der Waals surface area (Å²) in [6.07, 6.45) is 21.0. The molecule has 1 unspecified atom stereocenters. The van der Waals surface area contributed by atoms with E-state index in [-0.39, 0.29) is 26.4 Å². The second kappa shape index (κ2) is 23.3. The largest absolute Gasteiger partial charge is 0.472 e. The van der Waals surface area contributed by atoms with E-state index in [2.05, 4.69) is 22.0 Å². The molecule has 0 spiro atoms. The Hall–Kier alpha value is -3.03. The Bertz CT molecular complexity index is 1790. The maximum Gasteiger partial charge on any atom is 0.472 e. The number of fused-ring (bicyclic) bond motifs is 2. The molecular formula is C43H67N6O9P. The standard InChI is InChI=1S/C43H67N6O9P/c1-5-6-7-8-9-10-11-12-13-14-15-16-17-18-19-20-25-52-29-35(53-28-33-21-22-34(26-44)46-27-33)30-54-59(50,51)55-31-43(4)40-39(56-42(2,3)58-40)38(57-43)36-23-24-37-41(45)47-32-48-49(36)37/h21-24,27,32,35,38-40H,5-20,25,28-31H2,1-4H3,(H,50,51)(H2,45,47,48)/t35-,38+,39+,40+,43-/m1/s1. The van der Waals surface area contributed by atoms with E-state index in [9.17, 15) is 9.46 Å². The van der Waals surface area contributed by atoms with Gasteiger partial charge in [-0.2, -0.15) is 10.4 Å². The molecule has 0 bridgehead atoms. The van der Waals surface area contributed by atoms with Crippen molar-refractivity contribution in [2.75, 3.05) is 32.2 Å². The van der Waals surface area contributed by atoms with Crippen LogP contribution in [0.2, 0.25) is 0 Å². The van der Waals surface area contributed by atoms with Gasteiger partial charge in [0.25, 0.3) is 0 Å². The number of hydrogen-bond donors (Lipinski definition) is 2. The van der Waals surface area contributed by atoms with Crippen LogP contribution in [0.25, 0.3) is 5.52 Å². The molecule has 0 aliphatic carbocycles. The Morgan fingerprint density at radius 2 is 1.54 bits per heavy atom. The summed E-state index contributed by atoms with van der Waals surface area (Å²) in [5, 5.41) is 13.5. The molecule has 0 aromatic carbocycles. The smallest absolute Gasteiger partial charge is 0.382 e. The van der Waals surface area contributed by atoms with Crippen LogP contribution in [0.4, 0.5) is 5.82 Å². The highest BCUT2D eigenvalue weighted by Crippen LogP contribution is 2.52. The lowest BCUT2D eigenvalue weighted by molar-refractivity contribution is -0.212. The van der Waals surface area contributed by atoms with Gasteiger partial charge < -0.3 is 34.3 Å². The number of ether oxygens (including phenoxy) is 5. The third kappa shape index (κ3) is 14.5. The summed E-state index contributed by atoms with van der Waals surface area (Å²) in [6.45, 7) is 7.84. The molecule has 2 saturated heterocycles. The minimum Gasteiger partial charge on any atom is -0.382 e. The van der Waals surface area contributed by atoms with Crippen molar-refractivity contribution in [3.05, 3.63) is 53.7 Å². The van der Waals surface area contributed by atoms with Gasteiger partial charge in [-0.25, -0.2) is 19.0 Å². The van der Waals surface area contributed by atoms with E-state index in [0.29, 0.717) is 29.3 Å². The number of unbranched alkanes of at least 4 members (excludes halogenated alkanes) is 15. The second-order valence-corrected chi connectivity index (χ2v) is 18.0. The molecule has 6 atom stereocenters. The maximum atomic E-state index is 13.4. The van der Waals surface area contributed by atoms with Gasteiger partial charge in [0.2, 0.25) is 0 Å². The van der Waals surface area contributed by atoms with Crippen LogP contribution in [0.15, 0.2) is 36.8 Å². The van der Waals surface area contributed by atoms with Crippen LogP contribution in [0.1, 0.15) is 153 Å². The number of anilines is 1. The fourth-order valence-electron chi connectivity index (χ4n) is 7.77. The number of phosphoric ester groups is 1. The Kier molecular flexibility index (Phi) is 18.5. The molecule has 2 fully saturated rings. The van der Waals surface area contributed by atoms with Crippen molar-refractivity contribution in [1.82, 2.24) is 19.6 Å². The molecule has 0 amide bonds. The molecule has 3 aromatic heterocycles. The van der Waals surface area contributed by atoms with Crippen LogP contribution in [-0.2, 0) is 43.9 Å². The quantitative estimate of drug-likeness (QED) is 0.0497. The van der Waals surface area contributed by atoms with Crippen molar-refractivity contribution in [3.63, 3.8) is 0 Å². The first-order valence-electron chi connectivity index (χ1n) is 21.7. The molecule has 3 aromatic rings. The maximum absolute atomic E-state index is 13.4. The van der Waals surface area contributed by atoms with Gasteiger partial charge in [-0.3, -0.25) is 9.05 Å². The van der Waals surface area contributed by atoms with E-state index < -0.39 is 43.6 Å². The molecule has 0 saturated carbocycles. The summed E-state index contributed by atoms with van der Waals surface area (Å²) in [4.78, 5) is 19.1. The minimum absolute atomic E-state index is 0.139. The number of nitrogen functional groups attached to an aromatic ring is 1. The van der Waals surface area contributed by atoms with Crippen molar-refractivity contribution in [2.24, 2.45) is 0 Å². The van der Waals surface area contributed by atoms with Crippen LogP contribution in [0, 0.1) is 11.3 Å². The zero-order valence-corrected chi connectivity index (χ0v) is 36.5. The van der Waals surface area contributed by atoms with Gasteiger partial charge >= 0.3 is 7.82 Å². The van der Waals surface area contributed by atoms with Crippen molar-refractivity contribution in [1.29, 1.82) is 5.26 Å². The van der Waals surface area contributed by atoms with Gasteiger partial charge in [0, 0.05) is 12.8 Å². The number of rotatable bonds is 29. The van der Waals surface area contributed by atoms with E-state index in [1.54, 1.807) is 49.7 Å². The number of pyridine rings is 1. The Labute approximate surface area is 350 Å². The van der Waals surface area contributed by atoms with Crippen LogP contribution in [0.3, 0.4) is 0 Å². The summed E-state index contributed by atoms with van der Waals surface area (Å²) < 4.78 is 57.2. The average Bonchev–Trinajstić information content (AvgIpc) is 3.88. The third-order valence-electron chi connectivity index (χ3n) is 11.0. The van der Waals surface area contributed by atoms with Gasteiger partial charge in [-0.15, -0.1) is 0 Å². The lowest BCUT2D eigenvalue weighted by Crippen LogP contribution is -2.44. The number of nitriles is 1. The Balaban J connectivity index is 1.05. The number of hydrogen-bond acceptors (Lipinski definition) is 13. The Morgan fingerprint density at radius 3 is 2.17 bits per heavy atom. The molecule has 328 valence electrons. The summed E-state index contributed by atoms with van der Waals surface area (Å²) in [5.74, 6) is -0.629. The third-order valence-corrected chi connectivity index (χ3v) is 12.0. The lowest BCUT2D eigenvalue weighted by Gasteiger charge is -2.31. The van der Waals surface area contributed by atoms with Crippen molar-refractivity contribution in [2.45, 2.75) is 173 Å². The van der Waals surface area contributed by atoms with Gasteiger partial charge in [0.1, 0.15) is 53.6 Å². The first-order valence-corrected chi connectivity index (χ1v) is 23.2. The zero-order valence-electron chi connectivity index (χ0n) is 35.6. The number of aromatic nitrogens is 4. The number of nitrogens with two attached hydrogens (primary N) is 1. The zero-order chi connectivity index (χ0) is 42.1. The Morgan fingerprint density at radius 1 is 0.881 bits per heavy atom. The molecule has 5 rings (SSSR count). The lowest BCUT2D eigenvalue weighted by atomic mass is 9.97. The highest BCUT2D eigenvalue weighted by molar-refractivity contribution is 7.47. The SMILES string of the molecule is CCCCCCCCCCCCCCCCCCOC[C@H](COP(=O)(O)OC[C@@]1(C)O[C@@H](c2ccc3c(N)ncnn23)[C@@H]2OC(C)(C)O[C@@H]21)OCc1ccc(C#N)nc1. The minimum atomic E-state index is -4.62. The number of phosphoric acid groups is 1. The van der Waals surface area contributed by atoms with Gasteiger partial charge in [-0.1, -0.05) is 109 Å². The van der Waals surface area contributed by atoms with E-state index >= 15 is 0 Å². The van der Waals surface area contributed by atoms with Crippen LogP contribution in [0.5, 0.6) is 0 Å². The molecule has 16 heteroatoms. The van der Waals surface area contributed by atoms with Crippen molar-refractivity contribution >= 4 is 19.2 Å². The molecular weight excluding hydrogens is 775 g/mol. The van der Waals surface area contributed by atoms with Gasteiger partial charge in [0.15, 0.2) is 11.6 Å². The summed E-state index contributed by atoms with van der Waals surface area (Å²) >= 11 is 0. The van der Waals surface area contributed by atoms with Crippen LogP contribution < -0.4 is 5.73 Å². The van der Waals surface area contributed by atoms with Crippen molar-refractivity contribution in [3.8, 4) is 6.07 Å². The first-order chi connectivity index (χ1) is 28.4. The molecule has 15 nitrogen and oxygen atoms in total. The van der Waals surface area contributed by atoms with Crippen molar-refractivity contribution < 1.29 is 42.2 Å². The molecule has 0 radical (unpaired) electrons. The van der Waals surface area contributed by atoms with E-state index in [1.165, 1.54) is 96.2 Å². The fourth-order valence-corrected chi connectivity index (χ4v) is 8.61. The highest BCUT2D eigenvalue weighted by Gasteiger charge is 2.62. The summed E-state index contributed by atoms with van der Waals surface area (Å²) in [5.41, 5.74) is 7.17. The van der Waals surface area contributed by atoms with Gasteiger partial charge in [-0.05, 0) is 51.0 Å². The van der Waals surface area contributed by atoms with E-state index in [1.807, 2.05) is 12.1 Å². The molecule has 59 heavy (non-hydrogen) atoms. The first kappa shape index (κ1) is 47.0. The summed E-state index contributed by atoms with van der Waals surface area (Å²) in [6, 6.07) is 8.99. The molecule has 2 aliphatic heterocycles. The monoisotopic (exact) mass is 842 g/mol. The molecule has 2 aliphatic rings.